The number of halogens is 1. The van der Waals surface area contributed by atoms with Gasteiger partial charge in [0, 0.05) is 24.0 Å². The normalized spacial score (nSPS) is 24.7. The Kier molecular flexibility index (Phi) is 6.24. The lowest BCUT2D eigenvalue weighted by Gasteiger charge is -2.42. The van der Waals surface area contributed by atoms with E-state index in [1.807, 2.05) is 26.0 Å². The van der Waals surface area contributed by atoms with Crippen LogP contribution in [0.2, 0.25) is 0 Å². The van der Waals surface area contributed by atoms with Gasteiger partial charge in [-0.2, -0.15) is 0 Å². The van der Waals surface area contributed by atoms with E-state index in [0.717, 1.165) is 34.8 Å². The summed E-state index contributed by atoms with van der Waals surface area (Å²) in [6.45, 7) is 4.80. The molecule has 2 unspecified atom stereocenters. The minimum absolute atomic E-state index is 0. The van der Waals surface area contributed by atoms with Gasteiger partial charge in [0.25, 0.3) is 0 Å². The predicted octanol–water partition coefficient (Wildman–Crippen LogP) is 4.18. The molecule has 148 valence electrons. The Labute approximate surface area is 167 Å². The van der Waals surface area contributed by atoms with E-state index < -0.39 is 11.7 Å². The smallest absolute Gasteiger partial charge is 0.131 e. The summed E-state index contributed by atoms with van der Waals surface area (Å²) >= 11 is 0. The number of nitrogens with one attached hydrogen (secondary N) is 1. The number of ether oxygens (including phenoxy) is 1. The molecule has 27 heavy (non-hydrogen) atoms. The number of nitrogens with zero attached hydrogens (tertiary/aromatic N) is 2. The molecule has 5 nitrogen and oxygen atoms in total. The van der Waals surface area contributed by atoms with Crippen LogP contribution in [0.3, 0.4) is 0 Å². The maximum atomic E-state index is 10.9. The molecule has 1 aromatic carbocycles. The highest BCUT2D eigenvalue weighted by Gasteiger charge is 2.43. The van der Waals surface area contributed by atoms with Crippen LogP contribution >= 0.6 is 12.4 Å². The van der Waals surface area contributed by atoms with Gasteiger partial charge in [0.1, 0.15) is 17.5 Å². The molecule has 0 saturated heterocycles. The second kappa shape index (κ2) is 8.29. The highest BCUT2D eigenvalue weighted by molar-refractivity contribution is 5.85. The molecule has 2 aliphatic rings. The SMILES string of the molecule is CC1(C)Oc2cc3nccnc3cc2C(NCCC2CCCCC2)C1O.Cl. The average Bonchev–Trinajstić information content (AvgIpc) is 2.64. The molecule has 4 rings (SSSR count). The average molecular weight is 392 g/mol. The Morgan fingerprint density at radius 3 is 2.48 bits per heavy atom. The van der Waals surface area contributed by atoms with Crippen molar-refractivity contribution in [3.05, 3.63) is 30.1 Å². The molecule has 6 heteroatoms. The molecular weight excluding hydrogens is 362 g/mol. The number of aliphatic hydroxyl groups excluding tert-OH is 1. The summed E-state index contributed by atoms with van der Waals surface area (Å²) < 4.78 is 6.11. The number of fused-ring (bicyclic) bond motifs is 2. The third-order valence-electron chi connectivity index (χ3n) is 5.98. The third-order valence-corrected chi connectivity index (χ3v) is 5.98. The minimum Gasteiger partial charge on any atom is -0.485 e. The molecule has 1 aliphatic carbocycles. The topological polar surface area (TPSA) is 67.3 Å². The molecular formula is C21H30ClN3O2. The molecule has 0 radical (unpaired) electrons. The van der Waals surface area contributed by atoms with Crippen molar-refractivity contribution in [2.45, 2.75) is 70.1 Å². The molecule has 0 spiro atoms. The van der Waals surface area contributed by atoms with Crippen LogP contribution in [0.25, 0.3) is 11.0 Å². The van der Waals surface area contributed by atoms with Gasteiger partial charge in [-0.3, -0.25) is 9.97 Å². The van der Waals surface area contributed by atoms with Crippen molar-refractivity contribution < 1.29 is 9.84 Å². The summed E-state index contributed by atoms with van der Waals surface area (Å²) in [5.74, 6) is 1.62. The van der Waals surface area contributed by atoms with Crippen molar-refractivity contribution in [3.8, 4) is 5.75 Å². The van der Waals surface area contributed by atoms with Crippen LogP contribution in [0.15, 0.2) is 24.5 Å². The largest absolute Gasteiger partial charge is 0.485 e. The molecule has 0 bridgehead atoms. The first-order valence-corrected chi connectivity index (χ1v) is 9.90. The summed E-state index contributed by atoms with van der Waals surface area (Å²) in [4.78, 5) is 8.79. The Morgan fingerprint density at radius 2 is 1.78 bits per heavy atom. The van der Waals surface area contributed by atoms with Gasteiger partial charge < -0.3 is 15.2 Å². The quantitative estimate of drug-likeness (QED) is 0.818. The monoisotopic (exact) mass is 391 g/mol. The predicted molar refractivity (Wildman–Crippen MR) is 109 cm³/mol. The lowest BCUT2D eigenvalue weighted by atomic mass is 9.85. The molecule has 2 atom stereocenters. The standard InChI is InChI=1S/C21H29N3O2.ClH/c1-21(2)20(25)19(24-9-8-14-6-4-3-5-7-14)15-12-16-17(13-18(15)26-21)23-11-10-22-16;/h10-14,19-20,24-25H,3-9H2,1-2H3;1H. The van der Waals surface area contributed by atoms with Crippen molar-refractivity contribution in [2.24, 2.45) is 5.92 Å². The van der Waals surface area contributed by atoms with Crippen LogP contribution < -0.4 is 10.1 Å². The van der Waals surface area contributed by atoms with Crippen molar-refractivity contribution in [3.63, 3.8) is 0 Å². The van der Waals surface area contributed by atoms with E-state index in [1.54, 1.807) is 12.4 Å². The van der Waals surface area contributed by atoms with E-state index in [4.69, 9.17) is 4.74 Å². The Bertz CT molecular complexity index is 777. The maximum absolute atomic E-state index is 10.9. The number of rotatable bonds is 4. The zero-order chi connectivity index (χ0) is 18.1. The van der Waals surface area contributed by atoms with E-state index in [9.17, 15) is 5.11 Å². The molecule has 2 aromatic rings. The zero-order valence-corrected chi connectivity index (χ0v) is 17.0. The lowest BCUT2D eigenvalue weighted by Crippen LogP contribution is -2.52. The van der Waals surface area contributed by atoms with Crippen LogP contribution in [0.5, 0.6) is 5.75 Å². The number of aromatic nitrogens is 2. The molecule has 1 aliphatic heterocycles. The van der Waals surface area contributed by atoms with Crippen molar-refractivity contribution in [2.75, 3.05) is 6.54 Å². The summed E-state index contributed by atoms with van der Waals surface area (Å²) in [7, 11) is 0. The molecule has 2 heterocycles. The molecule has 2 N–H and O–H groups in total. The summed E-state index contributed by atoms with van der Waals surface area (Å²) in [6.07, 6.45) is 10.8. The first-order valence-electron chi connectivity index (χ1n) is 9.90. The van der Waals surface area contributed by atoms with E-state index >= 15 is 0 Å². The fourth-order valence-electron chi connectivity index (χ4n) is 4.39. The Balaban J connectivity index is 0.00000210. The summed E-state index contributed by atoms with van der Waals surface area (Å²) in [5, 5.41) is 14.5. The molecule has 1 fully saturated rings. The van der Waals surface area contributed by atoms with Crippen molar-refractivity contribution in [1.29, 1.82) is 0 Å². The van der Waals surface area contributed by atoms with E-state index in [0.29, 0.717) is 0 Å². The van der Waals surface area contributed by atoms with Gasteiger partial charge in [0.05, 0.1) is 17.1 Å². The van der Waals surface area contributed by atoms with Gasteiger partial charge in [0.15, 0.2) is 0 Å². The fraction of sp³-hybridized carbons (Fsp3) is 0.619. The second-order valence-electron chi connectivity index (χ2n) is 8.31. The number of aliphatic hydroxyl groups is 1. The van der Waals surface area contributed by atoms with E-state index in [-0.39, 0.29) is 18.4 Å². The van der Waals surface area contributed by atoms with E-state index in [1.165, 1.54) is 38.5 Å². The first kappa shape index (κ1) is 20.3. The van der Waals surface area contributed by atoms with Crippen LogP contribution in [0.4, 0.5) is 0 Å². The first-order chi connectivity index (χ1) is 12.5. The minimum atomic E-state index is -0.647. The maximum Gasteiger partial charge on any atom is 0.131 e. The van der Waals surface area contributed by atoms with Crippen LogP contribution in [-0.4, -0.2) is 33.3 Å². The Morgan fingerprint density at radius 1 is 1.11 bits per heavy atom. The van der Waals surface area contributed by atoms with E-state index in [2.05, 4.69) is 15.3 Å². The number of hydrogen-bond donors (Lipinski definition) is 2. The fourth-order valence-corrected chi connectivity index (χ4v) is 4.39. The van der Waals surface area contributed by atoms with Crippen molar-refractivity contribution in [1.82, 2.24) is 15.3 Å². The van der Waals surface area contributed by atoms with Gasteiger partial charge >= 0.3 is 0 Å². The van der Waals surface area contributed by atoms with Crippen LogP contribution in [0.1, 0.15) is 64.0 Å². The lowest BCUT2D eigenvalue weighted by molar-refractivity contribution is -0.0645. The molecule has 1 aromatic heterocycles. The van der Waals surface area contributed by atoms with Crippen molar-refractivity contribution >= 4 is 23.4 Å². The van der Waals surface area contributed by atoms with Crippen LogP contribution in [0, 0.1) is 5.92 Å². The zero-order valence-electron chi connectivity index (χ0n) is 16.1. The van der Waals surface area contributed by atoms with Gasteiger partial charge in [-0.1, -0.05) is 32.1 Å². The Hall–Kier alpha value is -1.43. The van der Waals surface area contributed by atoms with Gasteiger partial charge in [-0.25, -0.2) is 0 Å². The third kappa shape index (κ3) is 4.20. The highest BCUT2D eigenvalue weighted by atomic mass is 35.5. The van der Waals surface area contributed by atoms with Gasteiger partial charge in [-0.05, 0) is 38.8 Å². The highest BCUT2D eigenvalue weighted by Crippen LogP contribution is 2.41. The number of benzene rings is 1. The second-order valence-corrected chi connectivity index (χ2v) is 8.31. The van der Waals surface area contributed by atoms with Gasteiger partial charge in [-0.15, -0.1) is 12.4 Å². The summed E-state index contributed by atoms with van der Waals surface area (Å²) in [6, 6.07) is 3.80. The van der Waals surface area contributed by atoms with Crippen LogP contribution in [-0.2, 0) is 0 Å². The number of hydrogen-bond acceptors (Lipinski definition) is 5. The van der Waals surface area contributed by atoms with Gasteiger partial charge in [0.2, 0.25) is 0 Å². The molecule has 1 saturated carbocycles. The summed E-state index contributed by atoms with van der Waals surface area (Å²) in [5.41, 5.74) is 1.99. The molecule has 0 amide bonds.